The molecule has 2 aromatic carbocycles. The average molecular weight is 420 g/mol. The van der Waals surface area contributed by atoms with Crippen molar-refractivity contribution in [2.75, 3.05) is 12.3 Å². The molecule has 2 aromatic heterocycles. The molecule has 0 radical (unpaired) electrons. The Balaban J connectivity index is 1.50. The van der Waals surface area contributed by atoms with Crippen LogP contribution in [0.25, 0.3) is 22.2 Å². The Labute approximate surface area is 178 Å². The lowest BCUT2D eigenvalue weighted by atomic mass is 10.1. The fraction of sp³-hybridized carbons (Fsp3) is 0.130. The van der Waals surface area contributed by atoms with E-state index in [-0.39, 0.29) is 0 Å². The van der Waals surface area contributed by atoms with Crippen LogP contribution in [-0.4, -0.2) is 22.3 Å². The number of ether oxygens (including phenoxy) is 1. The number of benzene rings is 2. The van der Waals surface area contributed by atoms with Crippen molar-refractivity contribution in [3.05, 3.63) is 77.4 Å². The Morgan fingerprint density at radius 2 is 2.00 bits per heavy atom. The first-order valence-corrected chi connectivity index (χ1v) is 10.8. The maximum atomic E-state index is 6.63. The van der Waals surface area contributed by atoms with E-state index in [2.05, 4.69) is 28.5 Å². The van der Waals surface area contributed by atoms with E-state index in [1.54, 1.807) is 6.20 Å². The van der Waals surface area contributed by atoms with Crippen molar-refractivity contribution in [3.8, 4) is 22.9 Å². The highest BCUT2D eigenvalue weighted by Crippen LogP contribution is 2.34. The summed E-state index contributed by atoms with van der Waals surface area (Å²) in [6, 6.07) is 19.7. The fourth-order valence-electron chi connectivity index (χ4n) is 3.35. The topological polar surface area (TPSA) is 47.0 Å². The number of nitrogens with one attached hydrogen (secondary N) is 1. The van der Waals surface area contributed by atoms with Crippen molar-refractivity contribution in [2.45, 2.75) is 11.4 Å². The minimum absolute atomic E-state index is 0.546. The molecular weight excluding hydrogens is 402 g/mol. The summed E-state index contributed by atoms with van der Waals surface area (Å²) in [5.41, 5.74) is 4.13. The maximum absolute atomic E-state index is 6.63. The zero-order valence-electron chi connectivity index (χ0n) is 15.6. The van der Waals surface area contributed by atoms with E-state index in [0.29, 0.717) is 16.7 Å². The number of halogens is 1. The number of pyridine rings is 2. The van der Waals surface area contributed by atoms with Crippen LogP contribution in [0.1, 0.15) is 5.56 Å². The highest BCUT2D eigenvalue weighted by molar-refractivity contribution is 7.99. The lowest BCUT2D eigenvalue weighted by molar-refractivity contribution is 0.463. The van der Waals surface area contributed by atoms with E-state index < -0.39 is 0 Å². The number of thioether (sulfide) groups is 1. The number of hydrogen-bond donors (Lipinski definition) is 1. The van der Waals surface area contributed by atoms with Crippen LogP contribution in [0.15, 0.2) is 71.8 Å². The molecule has 0 unspecified atom stereocenters. The van der Waals surface area contributed by atoms with Gasteiger partial charge < -0.3 is 10.1 Å². The van der Waals surface area contributed by atoms with E-state index in [0.717, 1.165) is 41.0 Å². The highest BCUT2D eigenvalue weighted by Gasteiger charge is 2.12. The van der Waals surface area contributed by atoms with Crippen LogP contribution in [0.3, 0.4) is 0 Å². The second-order valence-electron chi connectivity index (χ2n) is 6.79. The van der Waals surface area contributed by atoms with E-state index in [9.17, 15) is 0 Å². The van der Waals surface area contributed by atoms with Gasteiger partial charge >= 0.3 is 0 Å². The molecule has 0 fully saturated rings. The first-order chi connectivity index (χ1) is 14.3. The Morgan fingerprint density at radius 3 is 2.90 bits per heavy atom. The molecular formula is C23H18ClN3OS. The summed E-state index contributed by atoms with van der Waals surface area (Å²) in [7, 11) is 0. The van der Waals surface area contributed by atoms with Crippen molar-refractivity contribution in [2.24, 2.45) is 0 Å². The second kappa shape index (κ2) is 8.03. The van der Waals surface area contributed by atoms with Crippen LogP contribution in [-0.2, 0) is 6.54 Å². The first kappa shape index (κ1) is 18.4. The summed E-state index contributed by atoms with van der Waals surface area (Å²) in [5.74, 6) is 2.30. The van der Waals surface area contributed by atoms with Gasteiger partial charge in [0.05, 0.1) is 16.2 Å². The van der Waals surface area contributed by atoms with Gasteiger partial charge in [-0.2, -0.15) is 0 Å². The molecule has 4 aromatic rings. The third-order valence-electron chi connectivity index (χ3n) is 4.80. The van der Waals surface area contributed by atoms with Gasteiger partial charge in [0.1, 0.15) is 5.75 Å². The van der Waals surface area contributed by atoms with Crippen molar-refractivity contribution in [3.63, 3.8) is 0 Å². The number of hydrogen-bond acceptors (Lipinski definition) is 5. The lowest BCUT2D eigenvalue weighted by Crippen LogP contribution is -2.13. The summed E-state index contributed by atoms with van der Waals surface area (Å²) in [4.78, 5) is 10.4. The molecule has 1 aliphatic heterocycles. The van der Waals surface area contributed by atoms with Gasteiger partial charge in [-0.25, -0.2) is 9.97 Å². The highest BCUT2D eigenvalue weighted by atomic mass is 35.5. The van der Waals surface area contributed by atoms with Crippen molar-refractivity contribution in [1.29, 1.82) is 0 Å². The number of rotatable bonds is 3. The average Bonchev–Trinajstić information content (AvgIpc) is 3.00. The summed E-state index contributed by atoms with van der Waals surface area (Å²) in [6.45, 7) is 1.94. The van der Waals surface area contributed by atoms with Crippen LogP contribution in [0.2, 0.25) is 5.02 Å². The minimum Gasteiger partial charge on any atom is -0.439 e. The SMILES string of the molecule is Clc1cc(-c2ccc3c(c2)SCCNC3)nc2ccc(Oc3ccccn3)cc12. The fourth-order valence-corrected chi connectivity index (χ4v) is 4.61. The molecule has 29 heavy (non-hydrogen) atoms. The maximum Gasteiger partial charge on any atom is 0.219 e. The molecule has 1 N–H and O–H groups in total. The van der Waals surface area contributed by atoms with Gasteiger partial charge in [-0.1, -0.05) is 29.8 Å². The van der Waals surface area contributed by atoms with E-state index in [1.165, 1.54) is 10.5 Å². The quantitative estimate of drug-likeness (QED) is 0.445. The molecule has 0 saturated carbocycles. The number of nitrogens with zero attached hydrogens (tertiary/aromatic N) is 2. The van der Waals surface area contributed by atoms with Crippen molar-refractivity contribution in [1.82, 2.24) is 15.3 Å². The molecule has 0 atom stereocenters. The molecule has 0 aliphatic carbocycles. The van der Waals surface area contributed by atoms with Crippen LogP contribution in [0, 0.1) is 0 Å². The Kier molecular flexibility index (Phi) is 5.10. The summed E-state index contributed by atoms with van der Waals surface area (Å²) in [6.07, 6.45) is 1.70. The molecule has 0 amide bonds. The zero-order valence-corrected chi connectivity index (χ0v) is 17.1. The monoisotopic (exact) mass is 419 g/mol. The smallest absolute Gasteiger partial charge is 0.219 e. The normalized spacial score (nSPS) is 13.7. The van der Waals surface area contributed by atoms with Crippen LogP contribution in [0.5, 0.6) is 11.6 Å². The molecule has 4 nitrogen and oxygen atoms in total. The van der Waals surface area contributed by atoms with Gasteiger partial charge in [-0.15, -0.1) is 11.8 Å². The molecule has 0 bridgehead atoms. The standard InChI is InChI=1S/C23H18ClN3OS/c24-19-13-21(15-4-5-16-14-25-9-10-29-22(16)11-15)27-20-7-6-17(12-18(19)20)28-23-3-1-2-8-26-23/h1-8,11-13,25H,9-10,14H2. The number of aromatic nitrogens is 2. The third kappa shape index (κ3) is 3.94. The van der Waals surface area contributed by atoms with Crippen molar-refractivity contribution >= 4 is 34.3 Å². The van der Waals surface area contributed by atoms with Gasteiger partial charge in [0.25, 0.3) is 0 Å². The van der Waals surface area contributed by atoms with Gasteiger partial charge in [-0.3, -0.25) is 0 Å². The molecule has 5 rings (SSSR count). The third-order valence-corrected chi connectivity index (χ3v) is 6.22. The molecule has 6 heteroatoms. The predicted molar refractivity (Wildman–Crippen MR) is 119 cm³/mol. The lowest BCUT2D eigenvalue weighted by Gasteiger charge is -2.11. The van der Waals surface area contributed by atoms with Gasteiger partial charge in [0, 0.05) is 47.0 Å². The summed E-state index contributed by atoms with van der Waals surface area (Å²) in [5, 5.41) is 4.96. The van der Waals surface area contributed by atoms with Crippen molar-refractivity contribution < 1.29 is 4.74 Å². The van der Waals surface area contributed by atoms with E-state index in [4.69, 9.17) is 21.3 Å². The zero-order chi connectivity index (χ0) is 19.6. The summed E-state index contributed by atoms with van der Waals surface area (Å²) >= 11 is 8.51. The molecule has 144 valence electrons. The van der Waals surface area contributed by atoms with E-state index in [1.807, 2.05) is 54.2 Å². The first-order valence-electron chi connectivity index (χ1n) is 9.42. The van der Waals surface area contributed by atoms with Gasteiger partial charge in [-0.05, 0) is 42.0 Å². The molecule has 3 heterocycles. The van der Waals surface area contributed by atoms with Gasteiger partial charge in [0.2, 0.25) is 5.88 Å². The summed E-state index contributed by atoms with van der Waals surface area (Å²) < 4.78 is 5.82. The molecule has 0 spiro atoms. The Bertz CT molecular complexity index is 1180. The minimum atomic E-state index is 0.546. The van der Waals surface area contributed by atoms with Crippen LogP contribution in [0.4, 0.5) is 0 Å². The predicted octanol–water partition coefficient (Wildman–Crippen LogP) is 5.94. The Hall–Kier alpha value is -2.60. The largest absolute Gasteiger partial charge is 0.439 e. The Morgan fingerprint density at radius 1 is 1.03 bits per heavy atom. The second-order valence-corrected chi connectivity index (χ2v) is 8.33. The molecule has 1 aliphatic rings. The van der Waals surface area contributed by atoms with E-state index >= 15 is 0 Å². The van der Waals surface area contributed by atoms with Crippen LogP contribution < -0.4 is 10.1 Å². The number of fused-ring (bicyclic) bond motifs is 2. The molecule has 0 saturated heterocycles. The van der Waals surface area contributed by atoms with Gasteiger partial charge in [0.15, 0.2) is 0 Å². The van der Waals surface area contributed by atoms with Crippen LogP contribution >= 0.6 is 23.4 Å².